The van der Waals surface area contributed by atoms with Gasteiger partial charge in [0.05, 0.1) is 0 Å². The van der Waals surface area contributed by atoms with Gasteiger partial charge in [-0.2, -0.15) is 13.2 Å². The summed E-state index contributed by atoms with van der Waals surface area (Å²) in [7, 11) is 0. The van der Waals surface area contributed by atoms with Crippen LogP contribution < -0.4 is 5.32 Å². The Balaban J connectivity index is 2.52. The number of amides is 2. The molecule has 1 rings (SSSR count). The highest BCUT2D eigenvalue weighted by atomic mass is 19.4. The Kier molecular flexibility index (Phi) is 6.00. The summed E-state index contributed by atoms with van der Waals surface area (Å²) >= 11 is 0. The van der Waals surface area contributed by atoms with Gasteiger partial charge in [-0.3, -0.25) is 9.59 Å². The monoisotopic (exact) mass is 310 g/mol. The number of ether oxygens (including phenoxy) is 1. The van der Waals surface area contributed by atoms with E-state index in [0.29, 0.717) is 0 Å². The molecule has 1 N–H and O–H groups in total. The van der Waals surface area contributed by atoms with Crippen molar-refractivity contribution in [3.05, 3.63) is 0 Å². The van der Waals surface area contributed by atoms with Crippen molar-refractivity contribution in [3.8, 4) is 0 Å². The van der Waals surface area contributed by atoms with E-state index in [1.807, 2.05) is 13.8 Å². The Labute approximate surface area is 121 Å². The first-order valence-electron chi connectivity index (χ1n) is 6.89. The van der Waals surface area contributed by atoms with Gasteiger partial charge >= 0.3 is 6.18 Å². The highest BCUT2D eigenvalue weighted by Gasteiger charge is 2.39. The van der Waals surface area contributed by atoms with Crippen LogP contribution in [0.2, 0.25) is 0 Å². The van der Waals surface area contributed by atoms with Crippen LogP contribution in [0.4, 0.5) is 13.2 Å². The number of hydrogen-bond acceptors (Lipinski definition) is 3. The van der Waals surface area contributed by atoms with Crippen molar-refractivity contribution in [1.82, 2.24) is 10.2 Å². The number of nitrogens with zero attached hydrogens (tertiary/aromatic N) is 1. The summed E-state index contributed by atoms with van der Waals surface area (Å²) in [6.45, 7) is 4.03. The molecular weight excluding hydrogens is 289 g/mol. The maximum atomic E-state index is 12.1. The lowest BCUT2D eigenvalue weighted by Crippen LogP contribution is -2.64. The Morgan fingerprint density at radius 1 is 1.33 bits per heavy atom. The number of carbonyl (C=O) groups excluding carboxylic acids is 2. The average molecular weight is 310 g/mol. The summed E-state index contributed by atoms with van der Waals surface area (Å²) < 4.78 is 40.3. The van der Waals surface area contributed by atoms with Gasteiger partial charge in [0.2, 0.25) is 11.8 Å². The number of nitrogens with one attached hydrogen (secondary N) is 1. The maximum Gasteiger partial charge on any atom is 0.411 e. The molecule has 1 aliphatic heterocycles. The Hall–Kier alpha value is -1.31. The highest BCUT2D eigenvalue weighted by molar-refractivity contribution is 5.96. The largest absolute Gasteiger partial charge is 0.411 e. The molecule has 2 amide bonds. The van der Waals surface area contributed by atoms with Crippen molar-refractivity contribution in [1.29, 1.82) is 0 Å². The second-order valence-electron chi connectivity index (χ2n) is 5.47. The fraction of sp³-hybridized carbons (Fsp3) is 0.846. The molecule has 0 spiro atoms. The quantitative estimate of drug-likeness (QED) is 0.753. The second kappa shape index (κ2) is 7.11. The van der Waals surface area contributed by atoms with E-state index in [0.717, 1.165) is 0 Å². The molecule has 1 saturated heterocycles. The molecule has 5 nitrogen and oxygen atoms in total. The zero-order valence-corrected chi connectivity index (χ0v) is 12.4. The van der Waals surface area contributed by atoms with Crippen LogP contribution in [-0.4, -0.2) is 54.7 Å². The van der Waals surface area contributed by atoms with Gasteiger partial charge in [0.25, 0.3) is 0 Å². The number of halogens is 3. The molecule has 2 atom stereocenters. The third-order valence-electron chi connectivity index (χ3n) is 3.20. The number of hydrogen-bond donors (Lipinski definition) is 1. The minimum absolute atomic E-state index is 0.0717. The van der Waals surface area contributed by atoms with E-state index < -0.39 is 24.9 Å². The standard InChI is InChI=1S/C13H21F3N2O3/c1-8(2)10-11(19)17-9(3)12(20)18(10)5-4-6-21-7-13(14,15)16/h8-10H,4-7H2,1-3H3,(H,17,19). The zero-order valence-electron chi connectivity index (χ0n) is 12.4. The van der Waals surface area contributed by atoms with Crippen LogP contribution in [0, 0.1) is 5.92 Å². The van der Waals surface area contributed by atoms with Crippen LogP contribution in [0.3, 0.4) is 0 Å². The molecule has 0 aromatic carbocycles. The summed E-state index contributed by atoms with van der Waals surface area (Å²) in [6, 6.07) is -1.19. The Morgan fingerprint density at radius 3 is 2.48 bits per heavy atom. The van der Waals surface area contributed by atoms with E-state index in [2.05, 4.69) is 10.1 Å². The number of piperazine rings is 1. The topological polar surface area (TPSA) is 58.6 Å². The zero-order chi connectivity index (χ0) is 16.2. The van der Waals surface area contributed by atoms with Gasteiger partial charge in [-0.15, -0.1) is 0 Å². The molecule has 0 aromatic rings. The molecule has 8 heteroatoms. The van der Waals surface area contributed by atoms with Gasteiger partial charge in [0.15, 0.2) is 0 Å². The predicted molar refractivity (Wildman–Crippen MR) is 69.4 cm³/mol. The molecule has 0 saturated carbocycles. The number of alkyl halides is 3. The SMILES string of the molecule is CC1NC(=O)C(C(C)C)N(CCCOCC(F)(F)F)C1=O. The third kappa shape index (κ3) is 5.18. The summed E-state index contributed by atoms with van der Waals surface area (Å²) in [5.74, 6) is -0.519. The third-order valence-corrected chi connectivity index (χ3v) is 3.20. The molecule has 0 aliphatic carbocycles. The molecule has 2 unspecified atom stereocenters. The number of carbonyl (C=O) groups is 2. The van der Waals surface area contributed by atoms with E-state index in [1.165, 1.54) is 4.90 Å². The fourth-order valence-corrected chi connectivity index (χ4v) is 2.32. The molecule has 122 valence electrons. The first-order valence-corrected chi connectivity index (χ1v) is 6.89. The molecule has 21 heavy (non-hydrogen) atoms. The van der Waals surface area contributed by atoms with Gasteiger partial charge in [0, 0.05) is 13.2 Å². The minimum atomic E-state index is -4.35. The highest BCUT2D eigenvalue weighted by Crippen LogP contribution is 2.18. The van der Waals surface area contributed by atoms with Crippen molar-refractivity contribution in [2.45, 2.75) is 45.5 Å². The second-order valence-corrected chi connectivity index (χ2v) is 5.47. The molecular formula is C13H21F3N2O3. The van der Waals surface area contributed by atoms with Crippen molar-refractivity contribution < 1.29 is 27.5 Å². The van der Waals surface area contributed by atoms with Crippen molar-refractivity contribution >= 4 is 11.8 Å². The van der Waals surface area contributed by atoms with E-state index in [-0.39, 0.29) is 37.3 Å². The van der Waals surface area contributed by atoms with Crippen LogP contribution >= 0.6 is 0 Å². The fourth-order valence-electron chi connectivity index (χ4n) is 2.32. The minimum Gasteiger partial charge on any atom is -0.372 e. The van der Waals surface area contributed by atoms with Gasteiger partial charge in [-0.05, 0) is 19.3 Å². The molecule has 0 radical (unpaired) electrons. The van der Waals surface area contributed by atoms with Crippen LogP contribution in [0.1, 0.15) is 27.2 Å². The molecule has 1 heterocycles. The summed E-state index contributed by atoms with van der Waals surface area (Å²) in [5, 5.41) is 2.60. The molecule has 0 bridgehead atoms. The van der Waals surface area contributed by atoms with Gasteiger partial charge < -0.3 is 15.0 Å². The lowest BCUT2D eigenvalue weighted by molar-refractivity contribution is -0.174. The average Bonchev–Trinajstić information content (AvgIpc) is 2.32. The first kappa shape index (κ1) is 17.7. The Morgan fingerprint density at radius 2 is 1.95 bits per heavy atom. The van der Waals surface area contributed by atoms with Crippen molar-refractivity contribution in [2.24, 2.45) is 5.92 Å². The normalized spacial score (nSPS) is 23.7. The van der Waals surface area contributed by atoms with Crippen LogP contribution in [0.25, 0.3) is 0 Å². The predicted octanol–water partition coefficient (Wildman–Crippen LogP) is 1.33. The van der Waals surface area contributed by atoms with E-state index >= 15 is 0 Å². The lowest BCUT2D eigenvalue weighted by Gasteiger charge is -2.40. The molecule has 1 aliphatic rings. The number of rotatable bonds is 6. The van der Waals surface area contributed by atoms with Crippen molar-refractivity contribution in [2.75, 3.05) is 19.8 Å². The van der Waals surface area contributed by atoms with Crippen LogP contribution in [0.5, 0.6) is 0 Å². The van der Waals surface area contributed by atoms with Crippen molar-refractivity contribution in [3.63, 3.8) is 0 Å². The van der Waals surface area contributed by atoms with Gasteiger partial charge in [-0.25, -0.2) is 0 Å². The lowest BCUT2D eigenvalue weighted by atomic mass is 9.97. The first-order chi connectivity index (χ1) is 9.63. The van der Waals surface area contributed by atoms with Crippen LogP contribution in [-0.2, 0) is 14.3 Å². The summed E-state index contributed by atoms with van der Waals surface area (Å²) in [4.78, 5) is 25.5. The van der Waals surface area contributed by atoms with Gasteiger partial charge in [-0.1, -0.05) is 13.8 Å². The summed E-state index contributed by atoms with van der Waals surface area (Å²) in [5.41, 5.74) is 0. The van der Waals surface area contributed by atoms with E-state index in [1.54, 1.807) is 6.92 Å². The maximum absolute atomic E-state index is 12.1. The summed E-state index contributed by atoms with van der Waals surface area (Å²) in [6.07, 6.45) is -4.10. The van der Waals surface area contributed by atoms with Gasteiger partial charge in [0.1, 0.15) is 18.7 Å². The van der Waals surface area contributed by atoms with E-state index in [9.17, 15) is 22.8 Å². The van der Waals surface area contributed by atoms with Crippen LogP contribution in [0.15, 0.2) is 0 Å². The molecule has 1 fully saturated rings. The smallest absolute Gasteiger partial charge is 0.372 e. The Bertz CT molecular complexity index is 385. The molecule has 0 aromatic heterocycles. The van der Waals surface area contributed by atoms with E-state index in [4.69, 9.17) is 0 Å².